The summed E-state index contributed by atoms with van der Waals surface area (Å²) in [6, 6.07) is 4.90. The van der Waals surface area contributed by atoms with Crippen LogP contribution in [0.15, 0.2) is 29.3 Å². The Balaban J connectivity index is 1.81. The monoisotopic (exact) mass is 364 g/mol. The Morgan fingerprint density at radius 1 is 1.42 bits per heavy atom. The number of guanidine groups is 1. The van der Waals surface area contributed by atoms with Crippen molar-refractivity contribution in [3.05, 3.63) is 35.4 Å². The van der Waals surface area contributed by atoms with Gasteiger partial charge in [0.2, 0.25) is 10.0 Å². The fourth-order valence-electron chi connectivity index (χ4n) is 2.25. The number of alkyl halides is 3. The lowest BCUT2D eigenvalue weighted by Gasteiger charge is -2.37. The Labute approximate surface area is 138 Å². The van der Waals surface area contributed by atoms with E-state index in [0.717, 1.165) is 18.4 Å². The smallest absolute Gasteiger partial charge is 0.370 e. The molecule has 0 aliphatic carbocycles. The van der Waals surface area contributed by atoms with E-state index in [1.54, 1.807) is 6.07 Å². The standard InChI is InChI=1S/C14H19F3N4O2S/c1-24(22,23)21-8-11(9-21)7-20-13(18)19-6-10-3-2-4-12(5-10)14(15,16)17/h2-5,11H,6-9H2,1H3,(H3,18,19,20). The van der Waals surface area contributed by atoms with Crippen LogP contribution in [0.4, 0.5) is 13.2 Å². The molecule has 0 atom stereocenters. The number of aliphatic imine (C=N–C) groups is 1. The van der Waals surface area contributed by atoms with Crippen molar-refractivity contribution in [3.63, 3.8) is 0 Å². The van der Waals surface area contributed by atoms with E-state index in [9.17, 15) is 21.6 Å². The van der Waals surface area contributed by atoms with Gasteiger partial charge in [-0.25, -0.2) is 17.7 Å². The first-order valence-electron chi connectivity index (χ1n) is 7.21. The number of hydrogen-bond donors (Lipinski definition) is 2. The van der Waals surface area contributed by atoms with E-state index in [1.807, 2.05) is 0 Å². The maximum absolute atomic E-state index is 12.6. The highest BCUT2D eigenvalue weighted by Gasteiger charge is 2.33. The van der Waals surface area contributed by atoms with Gasteiger partial charge in [0.15, 0.2) is 5.96 Å². The highest BCUT2D eigenvalue weighted by Crippen LogP contribution is 2.29. The van der Waals surface area contributed by atoms with E-state index in [1.165, 1.54) is 10.4 Å². The number of sulfonamides is 1. The molecule has 0 bridgehead atoms. The van der Waals surface area contributed by atoms with Crippen molar-refractivity contribution < 1.29 is 21.6 Å². The predicted molar refractivity (Wildman–Crippen MR) is 84.7 cm³/mol. The van der Waals surface area contributed by atoms with E-state index >= 15 is 0 Å². The van der Waals surface area contributed by atoms with Crippen LogP contribution in [-0.4, -0.2) is 44.6 Å². The average Bonchev–Trinajstić information content (AvgIpc) is 2.41. The predicted octanol–water partition coefficient (Wildman–Crippen LogP) is 1.00. The molecule has 1 aliphatic heterocycles. The van der Waals surface area contributed by atoms with Crippen LogP contribution in [-0.2, 0) is 22.7 Å². The Morgan fingerprint density at radius 2 is 2.08 bits per heavy atom. The summed E-state index contributed by atoms with van der Waals surface area (Å²) < 4.78 is 61.7. The Kier molecular flexibility index (Phi) is 5.38. The van der Waals surface area contributed by atoms with Crippen LogP contribution in [0.25, 0.3) is 0 Å². The molecule has 10 heteroatoms. The topological polar surface area (TPSA) is 87.8 Å². The van der Waals surface area contributed by atoms with Gasteiger partial charge in [0.25, 0.3) is 0 Å². The van der Waals surface area contributed by atoms with Crippen molar-refractivity contribution in [2.24, 2.45) is 16.6 Å². The van der Waals surface area contributed by atoms with E-state index in [2.05, 4.69) is 10.3 Å². The van der Waals surface area contributed by atoms with Gasteiger partial charge in [-0.2, -0.15) is 13.2 Å². The van der Waals surface area contributed by atoms with Crippen molar-refractivity contribution in [1.82, 2.24) is 9.62 Å². The second-order valence-electron chi connectivity index (χ2n) is 5.73. The van der Waals surface area contributed by atoms with Crippen LogP contribution in [0.5, 0.6) is 0 Å². The summed E-state index contributed by atoms with van der Waals surface area (Å²) in [6.07, 6.45) is -3.24. The summed E-state index contributed by atoms with van der Waals surface area (Å²) in [4.78, 5) is 4.00. The highest BCUT2D eigenvalue weighted by molar-refractivity contribution is 7.88. The molecule has 0 aromatic heterocycles. The van der Waals surface area contributed by atoms with Gasteiger partial charge in [0, 0.05) is 25.6 Å². The summed E-state index contributed by atoms with van der Waals surface area (Å²) >= 11 is 0. The first-order valence-corrected chi connectivity index (χ1v) is 9.05. The number of rotatable bonds is 5. The fourth-order valence-corrected chi connectivity index (χ4v) is 3.21. The third kappa shape index (κ3) is 5.10. The van der Waals surface area contributed by atoms with Gasteiger partial charge in [0.1, 0.15) is 0 Å². The summed E-state index contributed by atoms with van der Waals surface area (Å²) in [5.41, 5.74) is 5.36. The highest BCUT2D eigenvalue weighted by atomic mass is 32.2. The minimum absolute atomic E-state index is 0.0306. The molecule has 0 radical (unpaired) electrons. The molecule has 24 heavy (non-hydrogen) atoms. The van der Waals surface area contributed by atoms with Gasteiger partial charge in [-0.1, -0.05) is 12.1 Å². The Hall–Kier alpha value is -1.81. The molecule has 1 aliphatic rings. The molecule has 0 spiro atoms. The second kappa shape index (κ2) is 6.98. The van der Waals surface area contributed by atoms with Crippen molar-refractivity contribution in [3.8, 4) is 0 Å². The van der Waals surface area contributed by atoms with Crippen LogP contribution in [0.2, 0.25) is 0 Å². The van der Waals surface area contributed by atoms with Crippen LogP contribution in [0, 0.1) is 5.92 Å². The fraction of sp³-hybridized carbons (Fsp3) is 0.500. The van der Waals surface area contributed by atoms with Crippen molar-refractivity contribution in [1.29, 1.82) is 0 Å². The maximum Gasteiger partial charge on any atom is 0.416 e. The SMILES string of the molecule is CS(=O)(=O)N1CC(CNC(N)=NCc2cccc(C(F)(F)F)c2)C1. The van der Waals surface area contributed by atoms with Crippen molar-refractivity contribution in [2.75, 3.05) is 25.9 Å². The lowest BCUT2D eigenvalue weighted by molar-refractivity contribution is -0.137. The Bertz CT molecular complexity index is 713. The van der Waals surface area contributed by atoms with Crippen molar-refractivity contribution in [2.45, 2.75) is 12.7 Å². The maximum atomic E-state index is 12.6. The van der Waals surface area contributed by atoms with Gasteiger partial charge in [-0.05, 0) is 17.7 Å². The van der Waals surface area contributed by atoms with E-state index in [-0.39, 0.29) is 18.4 Å². The molecule has 3 N–H and O–H groups in total. The molecular weight excluding hydrogens is 345 g/mol. The molecule has 0 amide bonds. The number of halogens is 3. The molecule has 0 unspecified atom stereocenters. The number of nitrogens with zero attached hydrogens (tertiary/aromatic N) is 2. The Morgan fingerprint density at radius 3 is 2.67 bits per heavy atom. The third-order valence-electron chi connectivity index (χ3n) is 3.65. The molecule has 1 saturated heterocycles. The molecular formula is C14H19F3N4O2S. The van der Waals surface area contributed by atoms with E-state index in [0.29, 0.717) is 25.2 Å². The molecule has 134 valence electrons. The van der Waals surface area contributed by atoms with Gasteiger partial charge < -0.3 is 11.1 Å². The number of hydrogen-bond acceptors (Lipinski definition) is 3. The summed E-state index contributed by atoms with van der Waals surface area (Å²) in [7, 11) is -3.15. The molecule has 2 rings (SSSR count). The second-order valence-corrected chi connectivity index (χ2v) is 7.71. The zero-order valence-corrected chi connectivity index (χ0v) is 13.9. The molecule has 1 heterocycles. The minimum Gasteiger partial charge on any atom is -0.370 e. The van der Waals surface area contributed by atoms with E-state index in [4.69, 9.17) is 5.73 Å². The van der Waals surface area contributed by atoms with Gasteiger partial charge in [-0.3, -0.25) is 0 Å². The average molecular weight is 364 g/mol. The zero-order chi connectivity index (χ0) is 18.0. The van der Waals surface area contributed by atoms with Crippen LogP contribution < -0.4 is 11.1 Å². The molecule has 6 nitrogen and oxygen atoms in total. The minimum atomic E-state index is -4.39. The molecule has 1 aromatic rings. The largest absolute Gasteiger partial charge is 0.416 e. The zero-order valence-electron chi connectivity index (χ0n) is 13.0. The number of nitrogens with two attached hydrogens (primary N) is 1. The normalized spacial score (nSPS) is 17.6. The summed E-state index contributed by atoms with van der Waals surface area (Å²) in [5.74, 6) is 0.257. The lowest BCUT2D eigenvalue weighted by Crippen LogP contribution is -2.53. The number of nitrogens with one attached hydrogen (secondary N) is 1. The number of benzene rings is 1. The van der Waals surface area contributed by atoms with Crippen LogP contribution in [0.1, 0.15) is 11.1 Å². The summed E-state index contributed by atoms with van der Waals surface area (Å²) in [5, 5.41) is 2.86. The summed E-state index contributed by atoms with van der Waals surface area (Å²) in [6.45, 7) is 1.34. The lowest BCUT2D eigenvalue weighted by atomic mass is 10.0. The quantitative estimate of drug-likeness (QED) is 0.603. The molecule has 1 aromatic carbocycles. The van der Waals surface area contributed by atoms with Crippen LogP contribution in [0.3, 0.4) is 0 Å². The van der Waals surface area contributed by atoms with Gasteiger partial charge in [-0.15, -0.1) is 0 Å². The first kappa shape index (κ1) is 18.5. The van der Waals surface area contributed by atoms with Gasteiger partial charge >= 0.3 is 6.18 Å². The van der Waals surface area contributed by atoms with Crippen LogP contribution >= 0.6 is 0 Å². The first-order chi connectivity index (χ1) is 11.1. The van der Waals surface area contributed by atoms with Crippen molar-refractivity contribution >= 4 is 16.0 Å². The molecule has 1 fully saturated rings. The molecule has 0 saturated carbocycles. The van der Waals surface area contributed by atoms with E-state index < -0.39 is 21.8 Å². The third-order valence-corrected chi connectivity index (χ3v) is 4.89. The van der Waals surface area contributed by atoms with Gasteiger partial charge in [0.05, 0.1) is 18.4 Å².